The van der Waals surface area contributed by atoms with E-state index in [0.29, 0.717) is 16.5 Å². The number of nitrogens with one attached hydrogen (secondary N) is 1. The Balaban J connectivity index is 1.56. The number of alkyl halides is 3. The molecule has 0 saturated heterocycles. The fourth-order valence-electron chi connectivity index (χ4n) is 3.41. The molecule has 0 aliphatic carbocycles. The van der Waals surface area contributed by atoms with Gasteiger partial charge in [-0.1, -0.05) is 48.5 Å². The molecule has 10 heteroatoms. The molecule has 0 bridgehead atoms. The first-order chi connectivity index (χ1) is 16.7. The SMILES string of the molecule is O=C(Cn1cnc2ccccc2c1=O)OC(C(=O)Nc1cccc(C(F)(F)F)c1)c1ccccc1. The number of hydrogen-bond acceptors (Lipinski definition) is 5. The lowest BCUT2D eigenvalue weighted by molar-refractivity contribution is -0.155. The summed E-state index contributed by atoms with van der Waals surface area (Å²) in [5, 5.41) is 2.67. The van der Waals surface area contributed by atoms with Crippen molar-refractivity contribution in [3.63, 3.8) is 0 Å². The van der Waals surface area contributed by atoms with Crippen molar-refractivity contribution < 1.29 is 27.5 Å². The highest BCUT2D eigenvalue weighted by molar-refractivity contribution is 5.96. The highest BCUT2D eigenvalue weighted by Gasteiger charge is 2.31. The Morgan fingerprint density at radius 2 is 1.69 bits per heavy atom. The number of carbonyl (C=O) groups is 2. The predicted octanol–water partition coefficient (Wildman–Crippen LogP) is 4.34. The predicted molar refractivity (Wildman–Crippen MR) is 121 cm³/mol. The van der Waals surface area contributed by atoms with Gasteiger partial charge in [0.15, 0.2) is 0 Å². The molecule has 1 amide bonds. The van der Waals surface area contributed by atoms with E-state index in [1.807, 2.05) is 0 Å². The largest absolute Gasteiger partial charge is 0.446 e. The van der Waals surface area contributed by atoms with Gasteiger partial charge in [0.2, 0.25) is 6.10 Å². The van der Waals surface area contributed by atoms with Gasteiger partial charge in [0.05, 0.1) is 22.8 Å². The third kappa shape index (κ3) is 5.55. The number of hydrogen-bond donors (Lipinski definition) is 1. The summed E-state index contributed by atoms with van der Waals surface area (Å²) in [6.45, 7) is -0.517. The number of anilines is 1. The van der Waals surface area contributed by atoms with Crippen LogP contribution in [0.25, 0.3) is 10.9 Å². The number of aromatic nitrogens is 2. The zero-order chi connectivity index (χ0) is 25.0. The third-order valence-electron chi connectivity index (χ3n) is 5.08. The molecule has 3 aromatic carbocycles. The second-order valence-corrected chi connectivity index (χ2v) is 7.54. The molecule has 1 atom stereocenters. The van der Waals surface area contributed by atoms with Crippen molar-refractivity contribution in [2.45, 2.75) is 18.8 Å². The molecule has 1 N–H and O–H groups in total. The number of esters is 1. The lowest BCUT2D eigenvalue weighted by Crippen LogP contribution is -2.30. The van der Waals surface area contributed by atoms with Gasteiger partial charge < -0.3 is 10.1 Å². The summed E-state index contributed by atoms with van der Waals surface area (Å²) in [6, 6.07) is 18.7. The molecule has 0 spiro atoms. The van der Waals surface area contributed by atoms with Gasteiger partial charge in [-0.25, -0.2) is 4.98 Å². The fourth-order valence-corrected chi connectivity index (χ4v) is 3.41. The normalized spacial score (nSPS) is 12.2. The van der Waals surface area contributed by atoms with Crippen LogP contribution in [-0.2, 0) is 27.0 Å². The molecule has 7 nitrogen and oxygen atoms in total. The standard InChI is InChI=1S/C25H18F3N3O4/c26-25(27,28)17-9-6-10-18(13-17)30-23(33)22(16-7-2-1-3-8-16)35-21(32)14-31-15-29-20-12-5-4-11-19(20)24(31)34/h1-13,15,22H,14H2,(H,30,33). The Hall–Kier alpha value is -4.47. The van der Waals surface area contributed by atoms with E-state index in [1.165, 1.54) is 24.5 Å². The van der Waals surface area contributed by atoms with E-state index >= 15 is 0 Å². The van der Waals surface area contributed by atoms with Gasteiger partial charge in [-0.05, 0) is 30.3 Å². The Labute approximate surface area is 196 Å². The summed E-state index contributed by atoms with van der Waals surface area (Å²) in [5.41, 5.74) is -0.750. The molecular weight excluding hydrogens is 463 g/mol. The number of amides is 1. The van der Waals surface area contributed by atoms with Crippen molar-refractivity contribution in [3.8, 4) is 0 Å². The lowest BCUT2D eigenvalue weighted by atomic mass is 10.1. The van der Waals surface area contributed by atoms with Crippen molar-refractivity contribution in [1.82, 2.24) is 9.55 Å². The highest BCUT2D eigenvalue weighted by atomic mass is 19.4. The average molecular weight is 481 g/mol. The molecule has 0 aliphatic rings. The number of ether oxygens (including phenoxy) is 1. The van der Waals surface area contributed by atoms with Gasteiger partial charge in [0, 0.05) is 11.3 Å². The van der Waals surface area contributed by atoms with E-state index in [0.717, 1.165) is 22.8 Å². The van der Waals surface area contributed by atoms with Crippen LogP contribution in [0.3, 0.4) is 0 Å². The van der Waals surface area contributed by atoms with E-state index in [2.05, 4.69) is 10.3 Å². The maximum Gasteiger partial charge on any atom is 0.416 e. The molecule has 1 heterocycles. The van der Waals surface area contributed by atoms with Gasteiger partial charge in [0.25, 0.3) is 11.5 Å². The van der Waals surface area contributed by atoms with Gasteiger partial charge in [-0.15, -0.1) is 0 Å². The first-order valence-corrected chi connectivity index (χ1v) is 10.4. The number of nitrogens with zero attached hydrogens (tertiary/aromatic N) is 2. The van der Waals surface area contributed by atoms with Crippen molar-refractivity contribution in [3.05, 3.63) is 107 Å². The summed E-state index contributed by atoms with van der Waals surface area (Å²) in [4.78, 5) is 42.4. The van der Waals surface area contributed by atoms with E-state index in [9.17, 15) is 27.6 Å². The minimum Gasteiger partial charge on any atom is -0.446 e. The second kappa shape index (κ2) is 9.80. The van der Waals surface area contributed by atoms with Crippen molar-refractivity contribution >= 4 is 28.5 Å². The molecular formula is C25H18F3N3O4. The van der Waals surface area contributed by atoms with E-state index in [4.69, 9.17) is 4.74 Å². The van der Waals surface area contributed by atoms with Gasteiger partial charge >= 0.3 is 12.1 Å². The van der Waals surface area contributed by atoms with Crippen LogP contribution in [-0.4, -0.2) is 21.4 Å². The molecule has 0 aliphatic heterocycles. The lowest BCUT2D eigenvalue weighted by Gasteiger charge is -2.19. The van der Waals surface area contributed by atoms with Crippen LogP contribution in [0, 0.1) is 0 Å². The molecule has 35 heavy (non-hydrogen) atoms. The quantitative estimate of drug-likeness (QED) is 0.414. The van der Waals surface area contributed by atoms with Crippen molar-refractivity contribution in [2.75, 3.05) is 5.32 Å². The van der Waals surface area contributed by atoms with E-state index in [1.54, 1.807) is 42.5 Å². The fraction of sp³-hybridized carbons (Fsp3) is 0.120. The van der Waals surface area contributed by atoms with Crippen LogP contribution >= 0.6 is 0 Å². The molecule has 0 radical (unpaired) electrons. The third-order valence-corrected chi connectivity index (χ3v) is 5.08. The molecule has 178 valence electrons. The topological polar surface area (TPSA) is 90.3 Å². The Kier molecular flexibility index (Phi) is 6.63. The number of fused-ring (bicyclic) bond motifs is 1. The Morgan fingerprint density at radius 1 is 0.971 bits per heavy atom. The zero-order valence-electron chi connectivity index (χ0n) is 18.0. The molecule has 4 rings (SSSR count). The summed E-state index contributed by atoms with van der Waals surface area (Å²) >= 11 is 0. The molecule has 0 saturated carbocycles. The van der Waals surface area contributed by atoms with Crippen LogP contribution in [0.15, 0.2) is 90.0 Å². The first kappa shape index (κ1) is 23.7. The maximum atomic E-state index is 13.0. The number of rotatable bonds is 6. The highest BCUT2D eigenvalue weighted by Crippen LogP contribution is 2.31. The summed E-state index contributed by atoms with van der Waals surface area (Å²) in [5.74, 6) is -1.76. The minimum absolute atomic E-state index is 0.114. The molecule has 1 unspecified atom stereocenters. The second-order valence-electron chi connectivity index (χ2n) is 7.54. The van der Waals surface area contributed by atoms with Gasteiger partial charge in [-0.3, -0.25) is 19.0 Å². The Bertz CT molecular complexity index is 1440. The minimum atomic E-state index is -4.59. The number of halogens is 3. The van der Waals surface area contributed by atoms with Crippen LogP contribution in [0.2, 0.25) is 0 Å². The van der Waals surface area contributed by atoms with Crippen molar-refractivity contribution in [1.29, 1.82) is 0 Å². The van der Waals surface area contributed by atoms with Crippen LogP contribution < -0.4 is 10.9 Å². The Morgan fingerprint density at radius 3 is 2.43 bits per heavy atom. The van der Waals surface area contributed by atoms with E-state index in [-0.39, 0.29) is 5.69 Å². The average Bonchev–Trinajstić information content (AvgIpc) is 2.84. The van der Waals surface area contributed by atoms with Gasteiger partial charge in [0.1, 0.15) is 6.54 Å². The summed E-state index contributed by atoms with van der Waals surface area (Å²) in [7, 11) is 0. The first-order valence-electron chi connectivity index (χ1n) is 10.4. The monoisotopic (exact) mass is 481 g/mol. The molecule has 4 aromatic rings. The zero-order valence-corrected chi connectivity index (χ0v) is 18.0. The molecule has 0 fully saturated rings. The smallest absolute Gasteiger partial charge is 0.416 e. The summed E-state index contributed by atoms with van der Waals surface area (Å²) < 4.78 is 45.5. The summed E-state index contributed by atoms with van der Waals surface area (Å²) in [6.07, 6.45) is -4.86. The number of carbonyl (C=O) groups excluding carboxylic acids is 2. The van der Waals surface area contributed by atoms with Crippen LogP contribution in [0.1, 0.15) is 17.2 Å². The van der Waals surface area contributed by atoms with Crippen LogP contribution in [0.4, 0.5) is 18.9 Å². The van der Waals surface area contributed by atoms with Gasteiger partial charge in [-0.2, -0.15) is 13.2 Å². The molecule has 1 aromatic heterocycles. The number of para-hydroxylation sites is 1. The van der Waals surface area contributed by atoms with Crippen molar-refractivity contribution in [2.24, 2.45) is 0 Å². The maximum absolute atomic E-state index is 13.0. The van der Waals surface area contributed by atoms with E-state index < -0.39 is 41.8 Å². The van der Waals surface area contributed by atoms with Crippen LogP contribution in [0.5, 0.6) is 0 Å². The number of benzene rings is 3.